The molecule has 0 bridgehead atoms. The molecule has 3 nitrogen and oxygen atoms in total. The van der Waals surface area contributed by atoms with E-state index < -0.39 is 17.5 Å². The first-order chi connectivity index (χ1) is 10.9. The lowest BCUT2D eigenvalue weighted by Gasteiger charge is -2.17. The molecule has 0 radical (unpaired) electrons. The molecule has 8 heteroatoms. The van der Waals surface area contributed by atoms with Crippen molar-refractivity contribution in [2.75, 3.05) is 13.1 Å². The molecule has 2 aromatic rings. The Morgan fingerprint density at radius 3 is 2.65 bits per heavy atom. The Balaban J connectivity index is 1.77. The summed E-state index contributed by atoms with van der Waals surface area (Å²) in [5.41, 5.74) is 0.836. The van der Waals surface area contributed by atoms with E-state index in [1.54, 1.807) is 11.6 Å². The summed E-state index contributed by atoms with van der Waals surface area (Å²) in [5.74, 6) is -3.15. The largest absolute Gasteiger partial charge is 0.319 e. The molecule has 1 fully saturated rings. The minimum Gasteiger partial charge on any atom is -0.319 e. The average Bonchev–Trinajstić information content (AvgIpc) is 3.04. The molecule has 1 aliphatic heterocycles. The third-order valence-corrected chi connectivity index (χ3v) is 4.86. The van der Waals surface area contributed by atoms with Gasteiger partial charge < -0.3 is 4.57 Å². The van der Waals surface area contributed by atoms with Crippen molar-refractivity contribution in [1.82, 2.24) is 14.5 Å². The maximum Gasteiger partial charge on any atom is 0.204 e. The average molecular weight is 364 g/mol. The lowest BCUT2D eigenvalue weighted by Crippen LogP contribution is -2.21. The Morgan fingerprint density at radius 2 is 2.00 bits per heavy atom. The fraction of sp³-hybridized carbons (Fsp3) is 0.400. The molecule has 0 aliphatic carbocycles. The fourth-order valence-electron chi connectivity index (χ4n) is 2.96. The first kappa shape index (κ1) is 16.6. The van der Waals surface area contributed by atoms with Gasteiger partial charge in [0.25, 0.3) is 0 Å². The van der Waals surface area contributed by atoms with E-state index >= 15 is 0 Å². The molecule has 1 atom stereocenters. The highest BCUT2D eigenvalue weighted by atomic mass is 35.5. The van der Waals surface area contributed by atoms with Crippen molar-refractivity contribution in [2.45, 2.75) is 18.9 Å². The predicted octanol–water partition coefficient (Wildman–Crippen LogP) is 4.13. The van der Waals surface area contributed by atoms with Gasteiger partial charge >= 0.3 is 0 Å². The second kappa shape index (κ2) is 6.34. The van der Waals surface area contributed by atoms with Crippen molar-refractivity contribution in [2.24, 2.45) is 7.05 Å². The zero-order chi connectivity index (χ0) is 16.7. The summed E-state index contributed by atoms with van der Waals surface area (Å²) >= 11 is 12.0. The number of nitrogens with zero attached hydrogens (tertiary/aromatic N) is 3. The molecule has 23 heavy (non-hydrogen) atoms. The van der Waals surface area contributed by atoms with Crippen LogP contribution in [0.3, 0.4) is 0 Å². The zero-order valence-corrected chi connectivity index (χ0v) is 13.8. The van der Waals surface area contributed by atoms with Gasteiger partial charge in [-0.05, 0) is 36.2 Å². The molecular formula is C15H14Cl2F3N3. The van der Waals surface area contributed by atoms with Crippen LogP contribution in [0.4, 0.5) is 13.2 Å². The van der Waals surface area contributed by atoms with Crippen LogP contribution in [0.15, 0.2) is 12.1 Å². The predicted molar refractivity (Wildman–Crippen MR) is 82.2 cm³/mol. The van der Waals surface area contributed by atoms with Gasteiger partial charge in [0.2, 0.25) is 5.28 Å². The van der Waals surface area contributed by atoms with E-state index in [-0.39, 0.29) is 11.5 Å². The van der Waals surface area contributed by atoms with E-state index in [0.717, 1.165) is 11.8 Å². The molecule has 2 heterocycles. The second-order valence-corrected chi connectivity index (χ2v) is 6.38. The second-order valence-electron chi connectivity index (χ2n) is 5.69. The standard InChI is InChI=1S/C15H14Cl2F3N3/c1-22-12(14(16)21-15(22)17)7-23-3-2-8(6-23)10-4-9(18)5-11(19)13(10)20/h4-5,8H,2-3,6-7H2,1H3. The van der Waals surface area contributed by atoms with Crippen LogP contribution in [-0.4, -0.2) is 27.5 Å². The van der Waals surface area contributed by atoms with Crippen LogP contribution in [0.1, 0.15) is 23.6 Å². The summed E-state index contributed by atoms with van der Waals surface area (Å²) in [4.78, 5) is 6.01. The summed E-state index contributed by atoms with van der Waals surface area (Å²) in [6.07, 6.45) is 0.614. The van der Waals surface area contributed by atoms with E-state index in [1.807, 2.05) is 4.90 Å². The molecule has 1 aromatic heterocycles. The van der Waals surface area contributed by atoms with E-state index in [2.05, 4.69) is 4.98 Å². The number of rotatable bonds is 3. The molecular weight excluding hydrogens is 350 g/mol. The summed E-state index contributed by atoms with van der Waals surface area (Å²) in [6, 6.07) is 1.63. The third kappa shape index (κ3) is 3.20. The van der Waals surface area contributed by atoms with Crippen LogP contribution in [0.25, 0.3) is 0 Å². The molecule has 1 aliphatic rings. The number of aromatic nitrogens is 2. The topological polar surface area (TPSA) is 21.1 Å². The van der Waals surface area contributed by atoms with E-state index in [4.69, 9.17) is 23.2 Å². The number of likely N-dealkylation sites (tertiary alicyclic amines) is 1. The highest BCUT2D eigenvalue weighted by molar-refractivity contribution is 6.32. The summed E-state index contributed by atoms with van der Waals surface area (Å²) in [5, 5.41) is 0.614. The molecule has 1 saturated heterocycles. The van der Waals surface area contributed by atoms with Crippen molar-refractivity contribution in [3.05, 3.63) is 51.3 Å². The Labute approximate surface area is 141 Å². The van der Waals surface area contributed by atoms with Gasteiger partial charge in [-0.3, -0.25) is 4.90 Å². The molecule has 0 N–H and O–H groups in total. The first-order valence-corrected chi connectivity index (χ1v) is 7.85. The van der Waals surface area contributed by atoms with Gasteiger partial charge in [0.15, 0.2) is 16.8 Å². The SMILES string of the molecule is Cn1c(Cl)nc(Cl)c1CN1CCC(c2cc(F)cc(F)c2F)C1. The van der Waals surface area contributed by atoms with E-state index in [1.165, 1.54) is 0 Å². The van der Waals surface area contributed by atoms with Crippen LogP contribution in [-0.2, 0) is 13.6 Å². The van der Waals surface area contributed by atoms with Crippen LogP contribution in [0.2, 0.25) is 10.4 Å². The van der Waals surface area contributed by atoms with Crippen molar-refractivity contribution in [3.63, 3.8) is 0 Å². The number of benzene rings is 1. The lowest BCUT2D eigenvalue weighted by molar-refractivity contribution is 0.318. The molecule has 3 rings (SSSR count). The summed E-state index contributed by atoms with van der Waals surface area (Å²) in [7, 11) is 1.76. The Hall–Kier alpha value is -1.24. The van der Waals surface area contributed by atoms with Gasteiger partial charge in [0.1, 0.15) is 5.82 Å². The van der Waals surface area contributed by atoms with Gasteiger partial charge in [-0.15, -0.1) is 0 Å². The Bertz CT molecular complexity index is 748. The highest BCUT2D eigenvalue weighted by Crippen LogP contribution is 2.32. The fourth-order valence-corrected chi connectivity index (χ4v) is 3.45. The lowest BCUT2D eigenvalue weighted by atomic mass is 9.97. The van der Waals surface area contributed by atoms with Crippen molar-refractivity contribution >= 4 is 23.2 Å². The minimum absolute atomic E-state index is 0.0825. The first-order valence-electron chi connectivity index (χ1n) is 7.10. The van der Waals surface area contributed by atoms with Crippen molar-refractivity contribution in [3.8, 4) is 0 Å². The maximum atomic E-state index is 13.9. The highest BCUT2D eigenvalue weighted by Gasteiger charge is 2.29. The van der Waals surface area contributed by atoms with Gasteiger partial charge in [-0.25, -0.2) is 18.2 Å². The maximum absolute atomic E-state index is 13.9. The third-order valence-electron chi connectivity index (χ3n) is 4.22. The molecule has 0 saturated carbocycles. The van der Waals surface area contributed by atoms with Crippen LogP contribution < -0.4 is 0 Å². The Morgan fingerprint density at radius 1 is 1.26 bits per heavy atom. The smallest absolute Gasteiger partial charge is 0.204 e. The van der Waals surface area contributed by atoms with Crippen molar-refractivity contribution in [1.29, 1.82) is 0 Å². The molecule has 0 spiro atoms. The van der Waals surface area contributed by atoms with E-state index in [0.29, 0.717) is 42.6 Å². The number of imidazole rings is 1. The number of hydrogen-bond donors (Lipinski definition) is 0. The van der Waals surface area contributed by atoms with Gasteiger partial charge in [0.05, 0.1) is 5.69 Å². The quantitative estimate of drug-likeness (QED) is 0.764. The van der Waals surface area contributed by atoms with Gasteiger partial charge in [-0.1, -0.05) is 11.6 Å². The molecule has 124 valence electrons. The van der Waals surface area contributed by atoms with E-state index in [9.17, 15) is 13.2 Å². The van der Waals surface area contributed by atoms with Crippen LogP contribution in [0.5, 0.6) is 0 Å². The summed E-state index contributed by atoms with van der Waals surface area (Å²) in [6.45, 7) is 1.64. The minimum atomic E-state index is -1.15. The van der Waals surface area contributed by atoms with Crippen LogP contribution in [0, 0.1) is 17.5 Å². The molecule has 0 amide bonds. The molecule has 1 aromatic carbocycles. The van der Waals surface area contributed by atoms with Gasteiger partial charge in [-0.2, -0.15) is 0 Å². The monoisotopic (exact) mass is 363 g/mol. The number of halogens is 5. The van der Waals surface area contributed by atoms with Gasteiger partial charge in [0, 0.05) is 32.1 Å². The normalized spacial score (nSPS) is 18.8. The summed E-state index contributed by atoms with van der Waals surface area (Å²) < 4.78 is 42.3. The van der Waals surface area contributed by atoms with Crippen LogP contribution >= 0.6 is 23.2 Å². The van der Waals surface area contributed by atoms with Crippen molar-refractivity contribution < 1.29 is 13.2 Å². The zero-order valence-electron chi connectivity index (χ0n) is 12.3. The molecule has 1 unspecified atom stereocenters. The number of hydrogen-bond acceptors (Lipinski definition) is 2. The Kier molecular flexibility index (Phi) is 4.58.